The van der Waals surface area contributed by atoms with E-state index >= 15 is 0 Å². The van der Waals surface area contributed by atoms with Crippen molar-refractivity contribution in [1.82, 2.24) is 0 Å². The average molecular weight is 290 g/mol. The molecule has 1 unspecified atom stereocenters. The number of hydrogen-bond acceptors (Lipinski definition) is 4. The first-order valence-electron chi connectivity index (χ1n) is 7.10. The molecular weight excluding hydrogens is 268 g/mol. The van der Waals surface area contributed by atoms with Crippen molar-refractivity contribution in [1.29, 1.82) is 0 Å². The zero-order chi connectivity index (χ0) is 15.5. The fourth-order valence-corrected chi connectivity index (χ4v) is 1.81. The number of Topliss-reactive ketones (excluding diaryl/α,β-unsaturated/α-hetero) is 1. The Bertz CT molecular complexity index is 453. The topological polar surface area (TPSA) is 52.6 Å². The van der Waals surface area contributed by atoms with Crippen LogP contribution in [0.1, 0.15) is 25.3 Å². The Balaban J connectivity index is 2.24. The Kier molecular flexibility index (Phi) is 8.05. The van der Waals surface area contributed by atoms with Crippen LogP contribution in [0.25, 0.3) is 0 Å². The number of esters is 1. The highest BCUT2D eigenvalue weighted by Crippen LogP contribution is 2.10. The molecule has 1 atom stereocenters. The van der Waals surface area contributed by atoms with Gasteiger partial charge in [-0.1, -0.05) is 36.4 Å². The molecule has 0 spiro atoms. The van der Waals surface area contributed by atoms with Crippen LogP contribution < -0.4 is 0 Å². The second kappa shape index (κ2) is 9.88. The highest BCUT2D eigenvalue weighted by Gasteiger charge is 2.19. The van der Waals surface area contributed by atoms with Crippen molar-refractivity contribution in [2.45, 2.75) is 26.4 Å². The molecule has 4 nitrogen and oxygen atoms in total. The number of carbonyl (C=O) groups is 2. The van der Waals surface area contributed by atoms with Crippen molar-refractivity contribution in [2.24, 2.45) is 5.92 Å². The number of benzene rings is 1. The molecule has 0 heterocycles. The van der Waals surface area contributed by atoms with E-state index in [-0.39, 0.29) is 18.6 Å². The molecule has 4 heteroatoms. The molecule has 0 radical (unpaired) electrons. The van der Waals surface area contributed by atoms with E-state index in [4.69, 9.17) is 9.47 Å². The molecule has 0 aromatic heterocycles. The lowest BCUT2D eigenvalue weighted by atomic mass is 10.0. The van der Waals surface area contributed by atoms with E-state index < -0.39 is 11.9 Å². The molecule has 0 aliphatic rings. The van der Waals surface area contributed by atoms with Gasteiger partial charge in [-0.3, -0.25) is 9.59 Å². The number of hydrogen-bond donors (Lipinski definition) is 0. The molecule has 0 saturated carbocycles. The summed E-state index contributed by atoms with van der Waals surface area (Å²) < 4.78 is 10.3. The number of ether oxygens (including phenoxy) is 2. The van der Waals surface area contributed by atoms with Crippen LogP contribution in [0.4, 0.5) is 0 Å². The van der Waals surface area contributed by atoms with Gasteiger partial charge < -0.3 is 9.47 Å². The highest BCUT2D eigenvalue weighted by atomic mass is 16.5. The molecule has 1 aromatic rings. The van der Waals surface area contributed by atoms with E-state index in [9.17, 15) is 9.59 Å². The summed E-state index contributed by atoms with van der Waals surface area (Å²) in [6, 6.07) is 9.76. The minimum atomic E-state index is -0.563. The third-order valence-corrected chi connectivity index (χ3v) is 2.96. The smallest absolute Gasteiger partial charge is 0.313 e. The Morgan fingerprint density at radius 3 is 2.62 bits per heavy atom. The standard InChI is InChI=1S/C17H22O4/c1-3-15(17(19)21-4-2)12-16(18)10-11-20-13-14-8-6-5-7-9-14/h3,5-9,15H,1,4,10-13H2,2H3. The first-order chi connectivity index (χ1) is 10.2. The number of rotatable bonds is 10. The van der Waals surface area contributed by atoms with E-state index in [0.29, 0.717) is 19.8 Å². The third-order valence-electron chi connectivity index (χ3n) is 2.96. The molecule has 0 bridgehead atoms. The van der Waals surface area contributed by atoms with Crippen molar-refractivity contribution in [2.75, 3.05) is 13.2 Å². The zero-order valence-electron chi connectivity index (χ0n) is 12.4. The van der Waals surface area contributed by atoms with Crippen LogP contribution in [-0.2, 0) is 25.7 Å². The summed E-state index contributed by atoms with van der Waals surface area (Å²) in [4.78, 5) is 23.3. The van der Waals surface area contributed by atoms with Gasteiger partial charge in [0.15, 0.2) is 0 Å². The summed E-state index contributed by atoms with van der Waals surface area (Å²) in [6.45, 7) is 6.44. The summed E-state index contributed by atoms with van der Waals surface area (Å²) in [5.41, 5.74) is 1.07. The lowest BCUT2D eigenvalue weighted by Crippen LogP contribution is -2.19. The lowest BCUT2D eigenvalue weighted by Gasteiger charge is -2.10. The van der Waals surface area contributed by atoms with E-state index in [2.05, 4.69) is 6.58 Å². The van der Waals surface area contributed by atoms with Crippen LogP contribution in [0.5, 0.6) is 0 Å². The minimum absolute atomic E-state index is 0.0268. The van der Waals surface area contributed by atoms with E-state index in [1.165, 1.54) is 6.08 Å². The van der Waals surface area contributed by atoms with Gasteiger partial charge in [-0.05, 0) is 12.5 Å². The Morgan fingerprint density at radius 1 is 1.29 bits per heavy atom. The van der Waals surface area contributed by atoms with Gasteiger partial charge >= 0.3 is 5.97 Å². The van der Waals surface area contributed by atoms with Gasteiger partial charge in [-0.15, -0.1) is 6.58 Å². The van der Waals surface area contributed by atoms with E-state index in [1.807, 2.05) is 30.3 Å². The van der Waals surface area contributed by atoms with Gasteiger partial charge in [0.25, 0.3) is 0 Å². The van der Waals surface area contributed by atoms with Gasteiger partial charge in [-0.2, -0.15) is 0 Å². The maximum Gasteiger partial charge on any atom is 0.313 e. The quantitative estimate of drug-likeness (QED) is 0.378. The van der Waals surface area contributed by atoms with Gasteiger partial charge in [0.1, 0.15) is 5.78 Å². The predicted molar refractivity (Wildman–Crippen MR) is 80.7 cm³/mol. The van der Waals surface area contributed by atoms with Gasteiger partial charge in [0.2, 0.25) is 0 Å². The van der Waals surface area contributed by atoms with Crippen LogP contribution in [0.3, 0.4) is 0 Å². The Morgan fingerprint density at radius 2 is 2.00 bits per heavy atom. The Hall–Kier alpha value is -1.94. The minimum Gasteiger partial charge on any atom is -0.466 e. The summed E-state index contributed by atoms with van der Waals surface area (Å²) >= 11 is 0. The maximum absolute atomic E-state index is 11.8. The van der Waals surface area contributed by atoms with Gasteiger partial charge in [0, 0.05) is 12.8 Å². The summed E-state index contributed by atoms with van der Waals surface area (Å²) in [5.74, 6) is -0.987. The molecule has 0 aliphatic heterocycles. The van der Waals surface area contributed by atoms with E-state index in [0.717, 1.165) is 5.56 Å². The fourth-order valence-electron chi connectivity index (χ4n) is 1.81. The third kappa shape index (κ3) is 6.86. The number of carbonyl (C=O) groups excluding carboxylic acids is 2. The molecule has 0 amide bonds. The van der Waals surface area contributed by atoms with Crippen LogP contribution in [-0.4, -0.2) is 25.0 Å². The first kappa shape index (κ1) is 17.1. The van der Waals surface area contributed by atoms with Crippen LogP contribution in [0, 0.1) is 5.92 Å². The van der Waals surface area contributed by atoms with Crippen molar-refractivity contribution in [3.05, 3.63) is 48.6 Å². The van der Waals surface area contributed by atoms with Gasteiger partial charge in [0.05, 0.1) is 25.7 Å². The molecule has 0 saturated heterocycles. The zero-order valence-corrected chi connectivity index (χ0v) is 12.4. The van der Waals surface area contributed by atoms with Crippen molar-refractivity contribution in [3.63, 3.8) is 0 Å². The average Bonchev–Trinajstić information content (AvgIpc) is 2.50. The number of ketones is 1. The molecule has 0 fully saturated rings. The van der Waals surface area contributed by atoms with Crippen LogP contribution in [0.15, 0.2) is 43.0 Å². The maximum atomic E-state index is 11.8. The molecule has 0 aliphatic carbocycles. The van der Waals surface area contributed by atoms with Gasteiger partial charge in [-0.25, -0.2) is 0 Å². The molecule has 0 N–H and O–H groups in total. The van der Waals surface area contributed by atoms with E-state index in [1.54, 1.807) is 6.92 Å². The normalized spacial score (nSPS) is 11.7. The fraction of sp³-hybridized carbons (Fsp3) is 0.412. The SMILES string of the molecule is C=CC(CC(=O)CCOCc1ccccc1)C(=O)OCC. The summed E-state index contributed by atoms with van der Waals surface area (Å²) in [5, 5.41) is 0. The summed E-state index contributed by atoms with van der Waals surface area (Å²) in [7, 11) is 0. The van der Waals surface area contributed by atoms with Crippen LogP contribution >= 0.6 is 0 Å². The first-order valence-corrected chi connectivity index (χ1v) is 7.10. The van der Waals surface area contributed by atoms with Crippen molar-refractivity contribution >= 4 is 11.8 Å². The van der Waals surface area contributed by atoms with Crippen molar-refractivity contribution < 1.29 is 19.1 Å². The summed E-state index contributed by atoms with van der Waals surface area (Å²) in [6.07, 6.45) is 1.87. The lowest BCUT2D eigenvalue weighted by molar-refractivity contribution is -0.147. The molecule has 1 aromatic carbocycles. The molecular formula is C17H22O4. The molecule has 21 heavy (non-hydrogen) atoms. The second-order valence-electron chi connectivity index (χ2n) is 4.63. The monoisotopic (exact) mass is 290 g/mol. The predicted octanol–water partition coefficient (Wildman–Crippen LogP) is 2.92. The van der Waals surface area contributed by atoms with Crippen LogP contribution in [0.2, 0.25) is 0 Å². The highest BCUT2D eigenvalue weighted by molar-refractivity contribution is 5.85. The second-order valence-corrected chi connectivity index (χ2v) is 4.63. The molecule has 114 valence electrons. The Labute approximate surface area is 125 Å². The largest absolute Gasteiger partial charge is 0.466 e. The molecule has 1 rings (SSSR count). The van der Waals surface area contributed by atoms with Crippen molar-refractivity contribution in [3.8, 4) is 0 Å².